The van der Waals surface area contributed by atoms with E-state index in [1.54, 1.807) is 0 Å². The minimum Gasteiger partial charge on any atom is -0.143 e. The van der Waals surface area contributed by atoms with Gasteiger partial charge in [0.15, 0.2) is 0 Å². The molecule has 68 valence electrons. The summed E-state index contributed by atoms with van der Waals surface area (Å²) in [6.07, 6.45) is 0. The number of hydrogen-bond donors (Lipinski definition) is 1. The van der Waals surface area contributed by atoms with Crippen molar-refractivity contribution in [3.05, 3.63) is 29.1 Å². The number of hydrogen-bond acceptors (Lipinski definition) is 2. The van der Waals surface area contributed by atoms with E-state index in [-0.39, 0.29) is 0 Å². The largest absolute Gasteiger partial charge is 0.143 e. The van der Waals surface area contributed by atoms with Gasteiger partial charge < -0.3 is 0 Å². The molecule has 0 unspecified atom stereocenters. The van der Waals surface area contributed by atoms with E-state index in [2.05, 4.69) is 50.1 Å². The van der Waals surface area contributed by atoms with Crippen LogP contribution in [-0.2, 0) is 0 Å². The van der Waals surface area contributed by atoms with Crippen molar-refractivity contribution in [1.82, 2.24) is 0 Å². The summed E-state index contributed by atoms with van der Waals surface area (Å²) in [5.74, 6) is 0.593. The zero-order valence-electron chi connectivity index (χ0n) is 7.74. The van der Waals surface area contributed by atoms with E-state index in [1.165, 1.54) is 15.6 Å². The Hall–Kier alpha value is -0.470. The minimum absolute atomic E-state index is 0.593. The third-order valence-electron chi connectivity index (χ3n) is 2.25. The lowest BCUT2D eigenvalue weighted by Crippen LogP contribution is -1.86. The molecule has 0 aliphatic heterocycles. The van der Waals surface area contributed by atoms with Crippen LogP contribution in [0.4, 0.5) is 0 Å². The molecule has 0 amide bonds. The van der Waals surface area contributed by atoms with Crippen LogP contribution in [-0.4, -0.2) is 0 Å². The fourth-order valence-electron chi connectivity index (χ4n) is 1.52. The van der Waals surface area contributed by atoms with Gasteiger partial charge in [-0.25, -0.2) is 0 Å². The summed E-state index contributed by atoms with van der Waals surface area (Å²) in [4.78, 5) is 1.08. The van der Waals surface area contributed by atoms with Crippen molar-refractivity contribution < 1.29 is 0 Å². The molecule has 13 heavy (non-hydrogen) atoms. The predicted octanol–water partition coefficient (Wildman–Crippen LogP) is 4.31. The van der Waals surface area contributed by atoms with Gasteiger partial charge in [0, 0.05) is 15.0 Å². The minimum atomic E-state index is 0.593. The van der Waals surface area contributed by atoms with Gasteiger partial charge in [-0.05, 0) is 29.0 Å². The van der Waals surface area contributed by atoms with Crippen molar-refractivity contribution in [2.45, 2.75) is 24.7 Å². The molecule has 0 nitrogen and oxygen atoms in total. The summed E-state index contributed by atoms with van der Waals surface area (Å²) in [5, 5.41) is 3.43. The van der Waals surface area contributed by atoms with Crippen molar-refractivity contribution in [1.29, 1.82) is 0 Å². The van der Waals surface area contributed by atoms with Crippen molar-refractivity contribution >= 4 is 34.1 Å². The summed E-state index contributed by atoms with van der Waals surface area (Å²) < 4.78 is 1.39. The molecule has 0 saturated carbocycles. The Kier molecular flexibility index (Phi) is 2.35. The average molecular weight is 208 g/mol. The molecule has 0 aliphatic carbocycles. The molecule has 2 rings (SSSR count). The molecule has 0 bridgehead atoms. The molecule has 0 fully saturated rings. The van der Waals surface area contributed by atoms with Gasteiger partial charge in [0.25, 0.3) is 0 Å². The fraction of sp³-hybridized carbons (Fsp3) is 0.273. The molecule has 2 aromatic rings. The second-order valence-electron chi connectivity index (χ2n) is 3.49. The maximum Gasteiger partial charge on any atom is 0.0388 e. The normalized spacial score (nSPS) is 11.4. The number of rotatable bonds is 1. The maximum absolute atomic E-state index is 4.44. The molecule has 0 aliphatic rings. The van der Waals surface area contributed by atoms with E-state index in [0.29, 0.717) is 5.92 Å². The Morgan fingerprint density at radius 1 is 1.23 bits per heavy atom. The monoisotopic (exact) mass is 208 g/mol. The quantitative estimate of drug-likeness (QED) is 0.663. The Morgan fingerprint density at radius 2 is 2.00 bits per heavy atom. The Labute approximate surface area is 88.0 Å². The van der Waals surface area contributed by atoms with Crippen LogP contribution in [0.5, 0.6) is 0 Å². The number of fused-ring (bicyclic) bond motifs is 1. The van der Waals surface area contributed by atoms with E-state index in [1.807, 2.05) is 11.3 Å². The van der Waals surface area contributed by atoms with E-state index >= 15 is 0 Å². The molecule has 1 aromatic heterocycles. The summed E-state index contributed by atoms with van der Waals surface area (Å²) in [7, 11) is 0. The van der Waals surface area contributed by atoms with Crippen LogP contribution in [0.15, 0.2) is 28.5 Å². The first-order valence-corrected chi connectivity index (χ1v) is 5.72. The first-order chi connectivity index (χ1) is 6.20. The van der Waals surface area contributed by atoms with Crippen LogP contribution < -0.4 is 0 Å². The van der Waals surface area contributed by atoms with Crippen LogP contribution >= 0.6 is 24.0 Å². The van der Waals surface area contributed by atoms with E-state index in [0.717, 1.165) is 4.90 Å². The molecule has 1 heterocycles. The first-order valence-electron chi connectivity index (χ1n) is 4.39. The van der Waals surface area contributed by atoms with E-state index in [4.69, 9.17) is 0 Å². The molecule has 0 saturated heterocycles. The summed E-state index contributed by atoms with van der Waals surface area (Å²) in [6.45, 7) is 4.46. The Bertz CT molecular complexity index is 427. The molecular weight excluding hydrogens is 196 g/mol. The second kappa shape index (κ2) is 3.35. The van der Waals surface area contributed by atoms with Crippen molar-refractivity contribution in [2.24, 2.45) is 0 Å². The SMILES string of the molecule is CC(C)c1ccc(S)c2ccsc12. The Morgan fingerprint density at radius 3 is 2.69 bits per heavy atom. The van der Waals surface area contributed by atoms with Gasteiger partial charge in [-0.1, -0.05) is 19.9 Å². The lowest BCUT2D eigenvalue weighted by atomic mass is 10.0. The smallest absolute Gasteiger partial charge is 0.0388 e. The summed E-state index contributed by atoms with van der Waals surface area (Å²) >= 11 is 6.25. The Balaban J connectivity index is 2.78. The topological polar surface area (TPSA) is 0 Å². The highest BCUT2D eigenvalue weighted by Crippen LogP contribution is 2.33. The molecule has 0 N–H and O–H groups in total. The molecule has 0 atom stereocenters. The number of benzene rings is 1. The second-order valence-corrected chi connectivity index (χ2v) is 4.89. The lowest BCUT2D eigenvalue weighted by Gasteiger charge is -2.07. The predicted molar refractivity (Wildman–Crippen MR) is 63.2 cm³/mol. The van der Waals surface area contributed by atoms with Crippen molar-refractivity contribution in [3.8, 4) is 0 Å². The van der Waals surface area contributed by atoms with Gasteiger partial charge in [0.2, 0.25) is 0 Å². The molecule has 2 heteroatoms. The van der Waals surface area contributed by atoms with E-state index in [9.17, 15) is 0 Å². The average Bonchev–Trinajstić information content (AvgIpc) is 2.53. The van der Waals surface area contributed by atoms with Crippen molar-refractivity contribution in [2.75, 3.05) is 0 Å². The van der Waals surface area contributed by atoms with Crippen LogP contribution in [0.25, 0.3) is 10.1 Å². The van der Waals surface area contributed by atoms with Crippen LogP contribution in [0.2, 0.25) is 0 Å². The lowest BCUT2D eigenvalue weighted by molar-refractivity contribution is 0.877. The highest BCUT2D eigenvalue weighted by Gasteiger charge is 2.07. The molecule has 1 aromatic carbocycles. The van der Waals surface area contributed by atoms with Gasteiger partial charge in [0.1, 0.15) is 0 Å². The van der Waals surface area contributed by atoms with Gasteiger partial charge >= 0.3 is 0 Å². The van der Waals surface area contributed by atoms with Crippen molar-refractivity contribution in [3.63, 3.8) is 0 Å². The van der Waals surface area contributed by atoms with Gasteiger partial charge in [-0.2, -0.15) is 0 Å². The summed E-state index contributed by atoms with van der Waals surface area (Å²) in [6, 6.07) is 6.42. The third-order valence-corrected chi connectivity index (χ3v) is 3.60. The van der Waals surface area contributed by atoms with Gasteiger partial charge in [0.05, 0.1) is 0 Å². The summed E-state index contributed by atoms with van der Waals surface area (Å²) in [5.41, 5.74) is 1.43. The molecule has 0 spiro atoms. The highest BCUT2D eigenvalue weighted by atomic mass is 32.1. The zero-order valence-corrected chi connectivity index (χ0v) is 9.45. The number of thiophene rings is 1. The van der Waals surface area contributed by atoms with Gasteiger partial charge in [-0.15, -0.1) is 24.0 Å². The van der Waals surface area contributed by atoms with Crippen LogP contribution in [0.1, 0.15) is 25.3 Å². The van der Waals surface area contributed by atoms with E-state index < -0.39 is 0 Å². The van der Waals surface area contributed by atoms with Crippen LogP contribution in [0, 0.1) is 0 Å². The molecular formula is C11H12S2. The zero-order chi connectivity index (χ0) is 9.42. The number of thiol groups is 1. The van der Waals surface area contributed by atoms with Gasteiger partial charge in [-0.3, -0.25) is 0 Å². The third kappa shape index (κ3) is 1.49. The first kappa shape index (κ1) is 9.10. The highest BCUT2D eigenvalue weighted by molar-refractivity contribution is 7.80. The standard InChI is InChI=1S/C11H12S2/c1-7(2)8-3-4-10(12)9-5-6-13-11(8)9/h3-7,12H,1-2H3. The fourth-order valence-corrected chi connectivity index (χ4v) is 2.94. The molecule has 0 radical (unpaired) electrons. The van der Waals surface area contributed by atoms with Crippen LogP contribution in [0.3, 0.4) is 0 Å². The maximum atomic E-state index is 4.44.